The highest BCUT2D eigenvalue weighted by Crippen LogP contribution is 2.28. The van der Waals surface area contributed by atoms with Gasteiger partial charge in [-0.1, -0.05) is 41.0 Å². The molecule has 1 aliphatic heterocycles. The molecular formula is C22H21F2N5O. The topological polar surface area (TPSA) is 63.9 Å². The van der Waals surface area contributed by atoms with E-state index >= 15 is 0 Å². The zero-order valence-corrected chi connectivity index (χ0v) is 16.3. The number of ketones is 1. The Morgan fingerprint density at radius 2 is 2.00 bits per heavy atom. The van der Waals surface area contributed by atoms with Crippen molar-refractivity contribution >= 4 is 17.3 Å². The van der Waals surface area contributed by atoms with Crippen molar-refractivity contribution in [1.29, 1.82) is 0 Å². The summed E-state index contributed by atoms with van der Waals surface area (Å²) in [5.74, 6) is -2.43. The van der Waals surface area contributed by atoms with Gasteiger partial charge in [-0.25, -0.2) is 8.78 Å². The zero-order chi connectivity index (χ0) is 23.8. The summed E-state index contributed by atoms with van der Waals surface area (Å²) in [6.07, 6.45) is 0.698. The van der Waals surface area contributed by atoms with Crippen LogP contribution in [0, 0.1) is 11.6 Å². The second kappa shape index (κ2) is 8.14. The minimum Gasteiger partial charge on any atom is -0.334 e. The smallest absolute Gasteiger partial charge is 0.266 e. The summed E-state index contributed by atoms with van der Waals surface area (Å²) in [7, 11) is 0. The Bertz CT molecular complexity index is 1220. The molecule has 1 aliphatic rings. The first kappa shape index (κ1) is 16.4. The lowest BCUT2D eigenvalue weighted by molar-refractivity contribution is 0.0988. The van der Waals surface area contributed by atoms with E-state index in [1.54, 1.807) is 12.1 Å². The van der Waals surface area contributed by atoms with E-state index in [0.717, 1.165) is 23.6 Å². The molecule has 0 bridgehead atoms. The highest BCUT2D eigenvalue weighted by Gasteiger charge is 2.21. The van der Waals surface area contributed by atoms with Crippen LogP contribution in [-0.4, -0.2) is 39.1 Å². The van der Waals surface area contributed by atoms with Crippen LogP contribution in [0.2, 0.25) is 0 Å². The summed E-state index contributed by atoms with van der Waals surface area (Å²) in [5.41, 5.74) is 3.58. The summed E-state index contributed by atoms with van der Waals surface area (Å²) in [6.45, 7) is 0.653. The van der Waals surface area contributed by atoms with Gasteiger partial charge in [0, 0.05) is 23.6 Å². The van der Waals surface area contributed by atoms with E-state index in [2.05, 4.69) is 15.4 Å². The molecule has 6 nitrogen and oxygen atoms in total. The number of benzene rings is 2. The van der Waals surface area contributed by atoms with Crippen LogP contribution in [0.4, 0.5) is 14.7 Å². The van der Waals surface area contributed by atoms with Gasteiger partial charge in [-0.2, -0.15) is 4.80 Å². The molecule has 2 aromatic carbocycles. The van der Waals surface area contributed by atoms with Crippen molar-refractivity contribution in [2.45, 2.75) is 19.8 Å². The molecule has 30 heavy (non-hydrogen) atoms. The molecule has 3 aromatic rings. The fourth-order valence-corrected chi connectivity index (χ4v) is 3.52. The first-order chi connectivity index (χ1) is 15.6. The molecule has 4 rings (SSSR count). The second-order valence-corrected chi connectivity index (χ2v) is 7.21. The van der Waals surface area contributed by atoms with Crippen LogP contribution in [-0.2, 0) is 13.4 Å². The van der Waals surface area contributed by atoms with Crippen molar-refractivity contribution in [3.63, 3.8) is 0 Å². The minimum absolute atomic E-state index is 0.0487. The standard InChI is InChI=1S/C22H21F2N5O/c1-14-10-11-29(22-25-27-28(2)26-22)13-18(14)16-8-6-15(7-9-16)12-20(30)17-4-3-5-19(23)21(17)24/h3-9H,10-13H2,1-2H3/i2D3. The van der Waals surface area contributed by atoms with E-state index in [-0.39, 0.29) is 17.9 Å². The van der Waals surface area contributed by atoms with Gasteiger partial charge in [0.05, 0.1) is 12.5 Å². The number of carbonyl (C=O) groups excluding carboxylic acids is 1. The van der Waals surface area contributed by atoms with Gasteiger partial charge < -0.3 is 4.90 Å². The number of Topliss-reactive ketones (excluding diaryl/α,β-unsaturated/α-hetero) is 1. The Morgan fingerprint density at radius 1 is 1.20 bits per heavy atom. The molecule has 0 amide bonds. The molecule has 0 fully saturated rings. The molecule has 0 spiro atoms. The van der Waals surface area contributed by atoms with Gasteiger partial charge in [0.1, 0.15) is 0 Å². The normalized spacial score (nSPS) is 16.2. The number of nitrogens with zero attached hydrogens (tertiary/aromatic N) is 5. The largest absolute Gasteiger partial charge is 0.334 e. The van der Waals surface area contributed by atoms with Crippen molar-refractivity contribution in [3.05, 3.63) is 76.4 Å². The van der Waals surface area contributed by atoms with E-state index in [4.69, 9.17) is 4.11 Å². The van der Waals surface area contributed by atoms with E-state index in [1.807, 2.05) is 24.0 Å². The Labute approximate surface area is 177 Å². The Balaban J connectivity index is 1.49. The maximum absolute atomic E-state index is 13.9. The molecule has 0 unspecified atom stereocenters. The first-order valence-corrected chi connectivity index (χ1v) is 9.44. The third-order valence-corrected chi connectivity index (χ3v) is 5.23. The van der Waals surface area contributed by atoms with Crippen molar-refractivity contribution in [2.75, 3.05) is 18.0 Å². The Hall–Kier alpha value is -3.42. The molecule has 0 saturated carbocycles. The van der Waals surface area contributed by atoms with Gasteiger partial charge in [0.25, 0.3) is 5.95 Å². The summed E-state index contributed by atoms with van der Waals surface area (Å²) in [6, 6.07) is 10.9. The number of hydrogen-bond acceptors (Lipinski definition) is 5. The predicted octanol–water partition coefficient (Wildman–Crippen LogP) is 3.60. The fourth-order valence-electron chi connectivity index (χ4n) is 3.52. The third-order valence-electron chi connectivity index (χ3n) is 5.23. The van der Waals surface area contributed by atoms with Crippen molar-refractivity contribution in [3.8, 4) is 0 Å². The van der Waals surface area contributed by atoms with Gasteiger partial charge in [-0.15, -0.1) is 5.10 Å². The predicted molar refractivity (Wildman–Crippen MR) is 109 cm³/mol. The summed E-state index contributed by atoms with van der Waals surface area (Å²) in [4.78, 5) is 14.9. The monoisotopic (exact) mass is 412 g/mol. The number of hydrogen-bond donors (Lipinski definition) is 0. The average Bonchev–Trinajstić information content (AvgIpc) is 3.28. The lowest BCUT2D eigenvalue weighted by atomic mass is 9.93. The van der Waals surface area contributed by atoms with Gasteiger partial charge in [0.2, 0.25) is 0 Å². The average molecular weight is 412 g/mol. The van der Waals surface area contributed by atoms with Crippen LogP contribution in [0.25, 0.3) is 5.57 Å². The number of anilines is 1. The number of tetrazole rings is 1. The second-order valence-electron chi connectivity index (χ2n) is 7.21. The molecule has 0 saturated heterocycles. The summed E-state index contributed by atoms with van der Waals surface area (Å²) in [5, 5.41) is 11.5. The van der Waals surface area contributed by atoms with Crippen LogP contribution in [0.3, 0.4) is 0 Å². The van der Waals surface area contributed by atoms with Crippen LogP contribution in [0.15, 0.2) is 48.0 Å². The Morgan fingerprint density at radius 3 is 2.73 bits per heavy atom. The molecule has 154 valence electrons. The van der Waals surface area contributed by atoms with Crippen LogP contribution in [0.1, 0.15) is 38.9 Å². The van der Waals surface area contributed by atoms with Gasteiger partial charge in [-0.05, 0) is 47.4 Å². The van der Waals surface area contributed by atoms with Crippen molar-refractivity contribution in [1.82, 2.24) is 20.2 Å². The molecule has 0 N–H and O–H groups in total. The third kappa shape index (κ3) is 3.98. The summed E-state index contributed by atoms with van der Waals surface area (Å²) >= 11 is 0. The number of carbonyl (C=O) groups is 1. The molecule has 0 aliphatic carbocycles. The van der Waals surface area contributed by atoms with E-state index in [0.29, 0.717) is 23.4 Å². The molecular weight excluding hydrogens is 388 g/mol. The number of aromatic nitrogens is 4. The molecule has 0 atom stereocenters. The first-order valence-electron chi connectivity index (χ1n) is 10.9. The highest BCUT2D eigenvalue weighted by atomic mass is 19.2. The number of aryl methyl sites for hydroxylation is 1. The lowest BCUT2D eigenvalue weighted by Gasteiger charge is -2.29. The van der Waals surface area contributed by atoms with Crippen LogP contribution in [0.5, 0.6) is 0 Å². The molecule has 2 heterocycles. The summed E-state index contributed by atoms with van der Waals surface area (Å²) < 4.78 is 49.5. The lowest BCUT2D eigenvalue weighted by Crippen LogP contribution is -2.31. The van der Waals surface area contributed by atoms with Crippen LogP contribution < -0.4 is 4.90 Å². The minimum atomic E-state index is -2.49. The van der Waals surface area contributed by atoms with Gasteiger partial charge in [-0.3, -0.25) is 4.79 Å². The maximum Gasteiger partial charge on any atom is 0.266 e. The molecule has 8 heteroatoms. The Kier molecular flexibility index (Phi) is 4.44. The molecule has 1 aromatic heterocycles. The fraction of sp³-hybridized carbons (Fsp3) is 0.273. The SMILES string of the molecule is [2H]C([2H])([2H])n1nnc(N2CCC(C)=C(c3ccc(CC(=O)c4cccc(F)c4F)cc3)C2)n1. The quantitative estimate of drug-likeness (QED) is 0.599. The number of rotatable bonds is 5. The molecule has 0 radical (unpaired) electrons. The number of halogens is 2. The van der Waals surface area contributed by atoms with Gasteiger partial charge >= 0.3 is 0 Å². The van der Waals surface area contributed by atoms with E-state index in [1.165, 1.54) is 17.7 Å². The maximum atomic E-state index is 13.9. The van der Waals surface area contributed by atoms with Crippen molar-refractivity contribution < 1.29 is 17.7 Å². The van der Waals surface area contributed by atoms with Crippen LogP contribution >= 0.6 is 0 Å². The zero-order valence-electron chi connectivity index (χ0n) is 19.3. The van der Waals surface area contributed by atoms with E-state index < -0.39 is 24.4 Å². The van der Waals surface area contributed by atoms with Gasteiger partial charge in [0.15, 0.2) is 17.4 Å². The van der Waals surface area contributed by atoms with Crippen molar-refractivity contribution in [2.24, 2.45) is 6.98 Å². The highest BCUT2D eigenvalue weighted by molar-refractivity contribution is 5.97. The van der Waals surface area contributed by atoms with E-state index in [9.17, 15) is 13.6 Å².